The smallest absolute Gasteiger partial charge is 0.168 e. The number of ketones is 1. The first-order valence-corrected chi connectivity index (χ1v) is 8.37. The standard InChI is InChI=1S/C20H17N5O2/c1-13(26)14-4-3-5-15(10-14)24-19-18-11-23-25(20(18)22-12-21-19)16-6-8-17(27-2)9-7-16/h3-12H,1-2H3,(H,21,22,24). The van der Waals surface area contributed by atoms with Crippen molar-refractivity contribution in [2.75, 3.05) is 12.4 Å². The van der Waals surface area contributed by atoms with Crippen LogP contribution in [0.1, 0.15) is 17.3 Å². The van der Waals surface area contributed by atoms with Crippen molar-refractivity contribution < 1.29 is 9.53 Å². The van der Waals surface area contributed by atoms with Crippen LogP contribution in [-0.2, 0) is 0 Å². The van der Waals surface area contributed by atoms with Gasteiger partial charge >= 0.3 is 0 Å². The van der Waals surface area contributed by atoms with Crippen LogP contribution in [0.3, 0.4) is 0 Å². The highest BCUT2D eigenvalue weighted by molar-refractivity contribution is 5.95. The first-order chi connectivity index (χ1) is 13.2. The molecule has 0 amide bonds. The predicted molar refractivity (Wildman–Crippen MR) is 103 cm³/mol. The summed E-state index contributed by atoms with van der Waals surface area (Å²) in [5.41, 5.74) is 2.97. The highest BCUT2D eigenvalue weighted by atomic mass is 16.5. The zero-order chi connectivity index (χ0) is 18.8. The molecule has 27 heavy (non-hydrogen) atoms. The quantitative estimate of drug-likeness (QED) is 0.546. The lowest BCUT2D eigenvalue weighted by atomic mass is 10.1. The molecule has 7 nitrogen and oxygen atoms in total. The van der Waals surface area contributed by atoms with Crippen molar-refractivity contribution >= 4 is 28.3 Å². The van der Waals surface area contributed by atoms with Gasteiger partial charge in [-0.2, -0.15) is 5.10 Å². The van der Waals surface area contributed by atoms with Gasteiger partial charge in [0, 0.05) is 11.3 Å². The zero-order valence-corrected chi connectivity index (χ0v) is 14.9. The molecule has 0 saturated heterocycles. The van der Waals surface area contributed by atoms with Crippen molar-refractivity contribution in [2.45, 2.75) is 6.92 Å². The van der Waals surface area contributed by atoms with Gasteiger partial charge in [-0.25, -0.2) is 14.6 Å². The molecule has 7 heteroatoms. The zero-order valence-electron chi connectivity index (χ0n) is 14.9. The Kier molecular flexibility index (Phi) is 4.25. The number of Topliss-reactive ketones (excluding diaryl/α,β-unsaturated/α-hetero) is 1. The van der Waals surface area contributed by atoms with Crippen molar-refractivity contribution in [2.24, 2.45) is 0 Å². The minimum absolute atomic E-state index is 0.0128. The highest BCUT2D eigenvalue weighted by Crippen LogP contribution is 2.25. The van der Waals surface area contributed by atoms with Crippen LogP contribution >= 0.6 is 0 Å². The number of fused-ring (bicyclic) bond motifs is 1. The van der Waals surface area contributed by atoms with E-state index in [1.54, 1.807) is 37.0 Å². The molecule has 2 aromatic carbocycles. The summed E-state index contributed by atoms with van der Waals surface area (Å²) in [5.74, 6) is 1.41. The Labute approximate surface area is 155 Å². The van der Waals surface area contributed by atoms with Gasteiger partial charge in [0.25, 0.3) is 0 Å². The Morgan fingerprint density at radius 3 is 2.67 bits per heavy atom. The van der Waals surface area contributed by atoms with Gasteiger partial charge in [0.2, 0.25) is 0 Å². The van der Waals surface area contributed by atoms with Gasteiger partial charge in [-0.05, 0) is 43.3 Å². The monoisotopic (exact) mass is 359 g/mol. The number of carbonyl (C=O) groups is 1. The van der Waals surface area contributed by atoms with Crippen molar-refractivity contribution in [3.05, 3.63) is 66.6 Å². The highest BCUT2D eigenvalue weighted by Gasteiger charge is 2.12. The topological polar surface area (TPSA) is 81.9 Å². The molecule has 2 aromatic heterocycles. The Bertz CT molecular complexity index is 1120. The lowest BCUT2D eigenvalue weighted by molar-refractivity contribution is 0.101. The van der Waals surface area contributed by atoms with Gasteiger partial charge in [-0.1, -0.05) is 12.1 Å². The van der Waals surface area contributed by atoms with Gasteiger partial charge in [-0.3, -0.25) is 4.79 Å². The maximum absolute atomic E-state index is 11.6. The number of ether oxygens (including phenoxy) is 1. The maximum Gasteiger partial charge on any atom is 0.168 e. The van der Waals surface area contributed by atoms with E-state index in [9.17, 15) is 4.79 Å². The van der Waals surface area contributed by atoms with E-state index in [0.29, 0.717) is 17.0 Å². The second kappa shape index (κ2) is 6.87. The molecule has 0 bridgehead atoms. The van der Waals surface area contributed by atoms with E-state index in [1.165, 1.54) is 6.33 Å². The molecule has 134 valence electrons. The molecule has 4 rings (SSSR count). The van der Waals surface area contributed by atoms with E-state index in [-0.39, 0.29) is 5.78 Å². The molecular formula is C20H17N5O2. The lowest BCUT2D eigenvalue weighted by Gasteiger charge is -2.08. The van der Waals surface area contributed by atoms with E-state index in [0.717, 1.165) is 22.5 Å². The summed E-state index contributed by atoms with van der Waals surface area (Å²) in [5, 5.41) is 8.48. The molecule has 0 atom stereocenters. The number of aromatic nitrogens is 4. The molecule has 0 fully saturated rings. The van der Waals surface area contributed by atoms with Gasteiger partial charge in [0.05, 0.1) is 24.4 Å². The fourth-order valence-corrected chi connectivity index (χ4v) is 2.81. The molecular weight excluding hydrogens is 342 g/mol. The van der Waals surface area contributed by atoms with Crippen LogP contribution < -0.4 is 10.1 Å². The van der Waals surface area contributed by atoms with E-state index < -0.39 is 0 Å². The predicted octanol–water partition coefficient (Wildman–Crippen LogP) is 3.77. The molecule has 4 aromatic rings. The molecule has 2 heterocycles. The van der Waals surface area contributed by atoms with Crippen LogP contribution in [0.25, 0.3) is 16.7 Å². The number of nitrogens with zero attached hydrogens (tertiary/aromatic N) is 4. The lowest BCUT2D eigenvalue weighted by Crippen LogP contribution is -2.00. The van der Waals surface area contributed by atoms with E-state index >= 15 is 0 Å². The minimum atomic E-state index is 0.0128. The SMILES string of the molecule is COc1ccc(-n2ncc3c(Nc4cccc(C(C)=O)c4)ncnc32)cc1. The van der Waals surface area contributed by atoms with Crippen LogP contribution in [0.15, 0.2) is 61.1 Å². The fraction of sp³-hybridized carbons (Fsp3) is 0.100. The second-order valence-electron chi connectivity index (χ2n) is 5.98. The number of methoxy groups -OCH3 is 1. The third-order valence-corrected chi connectivity index (χ3v) is 4.21. The second-order valence-corrected chi connectivity index (χ2v) is 5.98. The summed E-state index contributed by atoms with van der Waals surface area (Å²) in [6.45, 7) is 1.54. The van der Waals surface area contributed by atoms with Crippen LogP contribution in [0.5, 0.6) is 5.75 Å². The summed E-state index contributed by atoms with van der Waals surface area (Å²) < 4.78 is 6.94. The fourth-order valence-electron chi connectivity index (χ4n) is 2.81. The Morgan fingerprint density at radius 2 is 1.93 bits per heavy atom. The van der Waals surface area contributed by atoms with Crippen molar-refractivity contribution in [3.8, 4) is 11.4 Å². The average Bonchev–Trinajstić information content (AvgIpc) is 3.13. The first-order valence-electron chi connectivity index (χ1n) is 8.37. The third-order valence-electron chi connectivity index (χ3n) is 4.21. The minimum Gasteiger partial charge on any atom is -0.497 e. The summed E-state index contributed by atoms with van der Waals surface area (Å²) in [7, 11) is 1.63. The van der Waals surface area contributed by atoms with Crippen LogP contribution in [-0.4, -0.2) is 32.6 Å². The molecule has 0 aliphatic carbocycles. The van der Waals surface area contributed by atoms with Crippen molar-refractivity contribution in [1.82, 2.24) is 19.7 Å². The van der Waals surface area contributed by atoms with Crippen LogP contribution in [0.4, 0.5) is 11.5 Å². The number of anilines is 2. The average molecular weight is 359 g/mol. The van der Waals surface area contributed by atoms with Gasteiger partial charge < -0.3 is 10.1 Å². The molecule has 0 spiro atoms. The van der Waals surface area contributed by atoms with Gasteiger partial charge in [0.1, 0.15) is 17.9 Å². The number of rotatable bonds is 5. The van der Waals surface area contributed by atoms with Gasteiger partial charge in [-0.15, -0.1) is 0 Å². The largest absolute Gasteiger partial charge is 0.497 e. The Morgan fingerprint density at radius 1 is 1.11 bits per heavy atom. The Hall–Kier alpha value is -3.74. The molecule has 0 radical (unpaired) electrons. The van der Waals surface area contributed by atoms with E-state index in [4.69, 9.17) is 4.74 Å². The summed E-state index contributed by atoms with van der Waals surface area (Å²) in [6, 6.07) is 14.9. The number of nitrogens with one attached hydrogen (secondary N) is 1. The van der Waals surface area contributed by atoms with E-state index in [2.05, 4.69) is 20.4 Å². The summed E-state index contributed by atoms with van der Waals surface area (Å²) in [6.07, 6.45) is 3.21. The van der Waals surface area contributed by atoms with Crippen LogP contribution in [0.2, 0.25) is 0 Å². The summed E-state index contributed by atoms with van der Waals surface area (Å²) >= 11 is 0. The van der Waals surface area contributed by atoms with Crippen LogP contribution in [0, 0.1) is 0 Å². The summed E-state index contributed by atoms with van der Waals surface area (Å²) in [4.78, 5) is 20.3. The number of carbonyl (C=O) groups excluding carboxylic acids is 1. The van der Waals surface area contributed by atoms with Crippen molar-refractivity contribution in [3.63, 3.8) is 0 Å². The number of hydrogen-bond acceptors (Lipinski definition) is 6. The van der Waals surface area contributed by atoms with E-state index in [1.807, 2.05) is 36.4 Å². The number of hydrogen-bond donors (Lipinski definition) is 1. The molecule has 0 saturated carbocycles. The third kappa shape index (κ3) is 3.22. The molecule has 0 aliphatic heterocycles. The first kappa shape index (κ1) is 16.7. The number of benzene rings is 2. The molecule has 0 unspecified atom stereocenters. The Balaban J connectivity index is 1.72. The van der Waals surface area contributed by atoms with Gasteiger partial charge in [0.15, 0.2) is 11.4 Å². The maximum atomic E-state index is 11.6. The molecule has 0 aliphatic rings. The normalized spacial score (nSPS) is 10.7. The van der Waals surface area contributed by atoms with Crippen molar-refractivity contribution in [1.29, 1.82) is 0 Å². The molecule has 1 N–H and O–H groups in total.